The van der Waals surface area contributed by atoms with Crippen LogP contribution < -0.4 is 4.90 Å². The fraction of sp³-hybridized carbons (Fsp3) is 0.250. The molecule has 3 aromatic rings. The summed E-state index contributed by atoms with van der Waals surface area (Å²) in [5.41, 5.74) is 2.64. The predicted molar refractivity (Wildman–Crippen MR) is 131 cm³/mol. The molecule has 0 spiro atoms. The first-order valence-corrected chi connectivity index (χ1v) is 11.9. The number of hydrogen-bond donors (Lipinski definition) is 0. The van der Waals surface area contributed by atoms with Crippen molar-refractivity contribution in [2.24, 2.45) is 0 Å². The fourth-order valence-electron chi connectivity index (χ4n) is 4.79. The van der Waals surface area contributed by atoms with E-state index in [1.807, 2.05) is 11.0 Å². The molecule has 2 heterocycles. The molecular weight excluding hydrogens is 464 g/mol. The maximum Gasteiger partial charge on any atom is 0.263 e. The summed E-state index contributed by atoms with van der Waals surface area (Å²) in [7, 11) is 0. The van der Waals surface area contributed by atoms with Crippen molar-refractivity contribution in [3.8, 4) is 0 Å². The van der Waals surface area contributed by atoms with E-state index in [0.29, 0.717) is 55.0 Å². The number of nitrogens with zero attached hydrogens (tertiary/aromatic N) is 3. The fourth-order valence-corrected chi connectivity index (χ4v) is 4.79. The van der Waals surface area contributed by atoms with Crippen molar-refractivity contribution >= 4 is 23.4 Å². The summed E-state index contributed by atoms with van der Waals surface area (Å²) in [6.45, 7) is 2.07. The number of fused-ring (bicyclic) bond motifs is 1. The van der Waals surface area contributed by atoms with E-state index in [2.05, 4.69) is 0 Å². The number of hydrogen-bond acceptors (Lipinski definition) is 4. The van der Waals surface area contributed by atoms with E-state index in [0.717, 1.165) is 5.56 Å². The molecule has 3 amide bonds. The van der Waals surface area contributed by atoms with Gasteiger partial charge in [0.15, 0.2) is 0 Å². The van der Waals surface area contributed by atoms with E-state index in [1.54, 1.807) is 47.4 Å². The Morgan fingerprint density at radius 1 is 0.806 bits per heavy atom. The first-order valence-electron chi connectivity index (χ1n) is 11.9. The standard InChI is InChI=1S/C28H25F2N3O3/c29-21-10-8-19(9-11-21)12-13-33-27(35)22-5-3-7-24(26(22)28(33)36)31-14-16-32(17-15-31)25(34)18-20-4-1-2-6-23(20)30/h1-11H,12-18H2. The van der Waals surface area contributed by atoms with Crippen LogP contribution in [0.5, 0.6) is 0 Å². The van der Waals surface area contributed by atoms with Crippen LogP contribution >= 0.6 is 0 Å². The Bertz CT molecular complexity index is 1320. The molecule has 3 aromatic carbocycles. The summed E-state index contributed by atoms with van der Waals surface area (Å²) >= 11 is 0. The van der Waals surface area contributed by atoms with Crippen LogP contribution in [0.25, 0.3) is 0 Å². The maximum absolute atomic E-state index is 13.9. The number of anilines is 1. The molecule has 1 saturated heterocycles. The van der Waals surface area contributed by atoms with Crippen LogP contribution in [0.1, 0.15) is 31.8 Å². The van der Waals surface area contributed by atoms with Crippen LogP contribution in [0.4, 0.5) is 14.5 Å². The largest absolute Gasteiger partial charge is 0.367 e. The van der Waals surface area contributed by atoms with Crippen LogP contribution in [0.3, 0.4) is 0 Å². The highest BCUT2D eigenvalue weighted by Crippen LogP contribution is 2.32. The third kappa shape index (κ3) is 4.58. The van der Waals surface area contributed by atoms with Gasteiger partial charge in [-0.15, -0.1) is 0 Å². The van der Waals surface area contributed by atoms with Crippen molar-refractivity contribution in [1.29, 1.82) is 0 Å². The van der Waals surface area contributed by atoms with Gasteiger partial charge in [0, 0.05) is 32.7 Å². The van der Waals surface area contributed by atoms with Gasteiger partial charge in [-0.3, -0.25) is 19.3 Å². The molecule has 6 nitrogen and oxygen atoms in total. The molecule has 2 aliphatic heterocycles. The van der Waals surface area contributed by atoms with Crippen LogP contribution in [0.2, 0.25) is 0 Å². The van der Waals surface area contributed by atoms with Gasteiger partial charge in [0.2, 0.25) is 5.91 Å². The van der Waals surface area contributed by atoms with Gasteiger partial charge in [-0.05, 0) is 47.9 Å². The highest BCUT2D eigenvalue weighted by molar-refractivity contribution is 6.23. The quantitative estimate of drug-likeness (QED) is 0.496. The zero-order valence-corrected chi connectivity index (χ0v) is 19.6. The summed E-state index contributed by atoms with van der Waals surface area (Å²) in [6.07, 6.45) is 0.438. The maximum atomic E-state index is 13.9. The Balaban J connectivity index is 1.25. The number of piperazine rings is 1. The molecule has 184 valence electrons. The topological polar surface area (TPSA) is 60.9 Å². The van der Waals surface area contributed by atoms with E-state index in [4.69, 9.17) is 0 Å². The van der Waals surface area contributed by atoms with Gasteiger partial charge in [-0.1, -0.05) is 36.4 Å². The number of halogens is 2. The Kier molecular flexibility index (Phi) is 6.50. The summed E-state index contributed by atoms with van der Waals surface area (Å²) in [5, 5.41) is 0. The van der Waals surface area contributed by atoms with Crippen molar-refractivity contribution in [1.82, 2.24) is 9.80 Å². The summed E-state index contributed by atoms with van der Waals surface area (Å²) in [4.78, 5) is 43.9. The molecule has 0 bridgehead atoms. The monoisotopic (exact) mass is 489 g/mol. The second-order valence-electron chi connectivity index (χ2n) is 8.97. The lowest BCUT2D eigenvalue weighted by molar-refractivity contribution is -0.130. The molecule has 2 aliphatic rings. The Morgan fingerprint density at radius 2 is 1.53 bits per heavy atom. The van der Waals surface area contributed by atoms with Gasteiger partial charge in [0.25, 0.3) is 11.8 Å². The zero-order chi connectivity index (χ0) is 25.2. The molecule has 36 heavy (non-hydrogen) atoms. The van der Waals surface area contributed by atoms with Crippen molar-refractivity contribution in [3.63, 3.8) is 0 Å². The van der Waals surface area contributed by atoms with Crippen LogP contribution in [0, 0.1) is 11.6 Å². The lowest BCUT2D eigenvalue weighted by Gasteiger charge is -2.36. The number of amides is 3. The number of rotatable bonds is 6. The molecule has 0 aliphatic carbocycles. The molecule has 0 N–H and O–H groups in total. The van der Waals surface area contributed by atoms with Gasteiger partial charge >= 0.3 is 0 Å². The molecule has 0 radical (unpaired) electrons. The molecule has 8 heteroatoms. The van der Waals surface area contributed by atoms with Crippen molar-refractivity contribution in [2.75, 3.05) is 37.6 Å². The predicted octanol–water partition coefficient (Wildman–Crippen LogP) is 3.69. The normalized spacial score (nSPS) is 15.4. The van der Waals surface area contributed by atoms with Crippen molar-refractivity contribution in [3.05, 3.63) is 101 Å². The molecule has 1 fully saturated rings. The van der Waals surface area contributed by atoms with E-state index in [1.165, 1.54) is 23.1 Å². The van der Waals surface area contributed by atoms with Crippen LogP contribution in [0.15, 0.2) is 66.7 Å². The lowest BCUT2D eigenvalue weighted by Crippen LogP contribution is -2.49. The second-order valence-corrected chi connectivity index (χ2v) is 8.97. The average molecular weight is 490 g/mol. The van der Waals surface area contributed by atoms with Crippen molar-refractivity contribution in [2.45, 2.75) is 12.8 Å². The minimum Gasteiger partial charge on any atom is -0.367 e. The molecular formula is C28H25F2N3O3. The van der Waals surface area contributed by atoms with Crippen LogP contribution in [-0.2, 0) is 17.6 Å². The summed E-state index contributed by atoms with van der Waals surface area (Å²) in [6, 6.07) is 17.5. The number of benzene rings is 3. The van der Waals surface area contributed by atoms with Crippen molar-refractivity contribution < 1.29 is 23.2 Å². The molecule has 0 atom stereocenters. The SMILES string of the molecule is O=C(Cc1ccccc1F)N1CCN(c2cccc3c2C(=O)N(CCc2ccc(F)cc2)C3=O)CC1. The first kappa shape index (κ1) is 23.7. The third-order valence-corrected chi connectivity index (χ3v) is 6.79. The van der Waals surface area contributed by atoms with Gasteiger partial charge in [0.1, 0.15) is 11.6 Å². The minimum atomic E-state index is -0.392. The minimum absolute atomic E-state index is 0.00338. The Hall–Kier alpha value is -4.07. The molecule has 0 saturated carbocycles. The van der Waals surface area contributed by atoms with E-state index in [-0.39, 0.29) is 36.5 Å². The summed E-state index contributed by atoms with van der Waals surface area (Å²) < 4.78 is 27.1. The number of carbonyl (C=O) groups is 3. The molecule has 5 rings (SSSR count). The first-order chi connectivity index (χ1) is 17.4. The molecule has 0 unspecified atom stereocenters. The smallest absolute Gasteiger partial charge is 0.263 e. The Labute approximate surface area is 207 Å². The molecule has 0 aromatic heterocycles. The Morgan fingerprint density at radius 3 is 2.25 bits per heavy atom. The second kappa shape index (κ2) is 9.89. The lowest BCUT2D eigenvalue weighted by atomic mass is 10.1. The average Bonchev–Trinajstić information content (AvgIpc) is 3.14. The van der Waals surface area contributed by atoms with E-state index in [9.17, 15) is 23.2 Å². The van der Waals surface area contributed by atoms with E-state index < -0.39 is 5.82 Å². The van der Waals surface area contributed by atoms with Crippen LogP contribution in [-0.4, -0.2) is 60.2 Å². The number of imide groups is 1. The van der Waals surface area contributed by atoms with Gasteiger partial charge < -0.3 is 9.80 Å². The summed E-state index contributed by atoms with van der Waals surface area (Å²) in [5.74, 6) is -1.55. The van der Waals surface area contributed by atoms with Gasteiger partial charge in [-0.2, -0.15) is 0 Å². The highest BCUT2D eigenvalue weighted by Gasteiger charge is 2.38. The third-order valence-electron chi connectivity index (χ3n) is 6.79. The van der Waals surface area contributed by atoms with Gasteiger partial charge in [-0.25, -0.2) is 8.78 Å². The van der Waals surface area contributed by atoms with E-state index >= 15 is 0 Å². The zero-order valence-electron chi connectivity index (χ0n) is 19.6. The van der Waals surface area contributed by atoms with Gasteiger partial charge in [0.05, 0.1) is 23.2 Å². The number of carbonyl (C=O) groups excluding carboxylic acids is 3. The highest BCUT2D eigenvalue weighted by atomic mass is 19.1.